The van der Waals surface area contributed by atoms with E-state index in [9.17, 15) is 14.9 Å². The molecule has 0 spiro atoms. The Hall–Kier alpha value is -2.19. The molecule has 1 heterocycles. The summed E-state index contributed by atoms with van der Waals surface area (Å²) in [5, 5.41) is 23.1. The molecule has 1 amide bonds. The number of aliphatic hydroxyl groups excluding tert-OH is 1. The second-order valence-corrected chi connectivity index (χ2v) is 4.64. The van der Waals surface area contributed by atoms with E-state index in [1.807, 2.05) is 0 Å². The van der Waals surface area contributed by atoms with E-state index in [2.05, 4.69) is 5.32 Å². The van der Waals surface area contributed by atoms with Crippen LogP contribution < -0.4 is 5.32 Å². The first kappa shape index (κ1) is 15.2. The van der Waals surface area contributed by atoms with Crippen LogP contribution in [-0.2, 0) is 4.74 Å². The van der Waals surface area contributed by atoms with Crippen LogP contribution in [0.5, 0.6) is 0 Å². The Bertz CT molecular complexity index is 549. The van der Waals surface area contributed by atoms with Gasteiger partial charge < -0.3 is 20.1 Å². The number of carbonyl (C=O) groups excluding carboxylic acids is 1. The van der Waals surface area contributed by atoms with Crippen LogP contribution in [0.15, 0.2) is 18.2 Å². The molecule has 8 heteroatoms. The van der Waals surface area contributed by atoms with Crippen LogP contribution in [0.1, 0.15) is 10.4 Å². The second-order valence-electron chi connectivity index (χ2n) is 4.64. The Kier molecular flexibility index (Phi) is 4.71. The number of benzene rings is 1. The molecule has 2 N–H and O–H groups in total. The number of rotatable bonds is 4. The minimum Gasteiger partial charge on any atom is -0.394 e. The lowest BCUT2D eigenvalue weighted by Crippen LogP contribution is -2.47. The van der Waals surface area contributed by atoms with Crippen molar-refractivity contribution in [2.24, 2.45) is 0 Å². The number of aliphatic hydroxyl groups is 1. The molecule has 8 nitrogen and oxygen atoms in total. The molecule has 1 unspecified atom stereocenters. The summed E-state index contributed by atoms with van der Waals surface area (Å²) >= 11 is 0. The van der Waals surface area contributed by atoms with Crippen LogP contribution in [0.25, 0.3) is 0 Å². The number of morpholine rings is 1. The predicted octanol–water partition coefficient (Wildman–Crippen LogP) is 0.470. The average molecular weight is 295 g/mol. The summed E-state index contributed by atoms with van der Waals surface area (Å²) in [7, 11) is 1.56. The normalized spacial score (nSPS) is 18.4. The fourth-order valence-corrected chi connectivity index (χ4v) is 2.30. The van der Waals surface area contributed by atoms with E-state index in [1.165, 1.54) is 11.0 Å². The monoisotopic (exact) mass is 295 g/mol. The van der Waals surface area contributed by atoms with Gasteiger partial charge in [-0.05, 0) is 12.1 Å². The van der Waals surface area contributed by atoms with Gasteiger partial charge in [-0.1, -0.05) is 6.07 Å². The van der Waals surface area contributed by atoms with E-state index in [1.54, 1.807) is 19.2 Å². The Labute approximate surface area is 121 Å². The maximum atomic E-state index is 12.5. The number of ether oxygens (including phenoxy) is 1. The quantitative estimate of drug-likeness (QED) is 0.618. The van der Waals surface area contributed by atoms with Crippen molar-refractivity contribution < 1.29 is 19.6 Å². The zero-order valence-electron chi connectivity index (χ0n) is 11.6. The van der Waals surface area contributed by atoms with E-state index < -0.39 is 16.9 Å². The SMILES string of the molecule is CNc1cccc(C(=O)N2CCOC(CO)C2)c1[N+](=O)[O-]. The third-order valence-electron chi connectivity index (χ3n) is 3.35. The summed E-state index contributed by atoms with van der Waals surface area (Å²) in [6, 6.07) is 4.57. The average Bonchev–Trinajstić information content (AvgIpc) is 2.53. The summed E-state index contributed by atoms with van der Waals surface area (Å²) < 4.78 is 5.28. The largest absolute Gasteiger partial charge is 0.394 e. The van der Waals surface area contributed by atoms with Crippen LogP contribution in [0.3, 0.4) is 0 Å². The Morgan fingerprint density at radius 2 is 2.38 bits per heavy atom. The molecule has 0 aliphatic carbocycles. The first-order valence-corrected chi connectivity index (χ1v) is 6.55. The molecular weight excluding hydrogens is 278 g/mol. The number of amides is 1. The zero-order chi connectivity index (χ0) is 15.4. The predicted molar refractivity (Wildman–Crippen MR) is 75.4 cm³/mol. The fourth-order valence-electron chi connectivity index (χ4n) is 2.30. The van der Waals surface area contributed by atoms with Crippen LogP contribution in [-0.4, -0.2) is 60.3 Å². The first-order chi connectivity index (χ1) is 10.1. The third kappa shape index (κ3) is 3.11. The number of nitro groups is 1. The number of carbonyl (C=O) groups is 1. The first-order valence-electron chi connectivity index (χ1n) is 6.55. The molecule has 0 radical (unpaired) electrons. The third-order valence-corrected chi connectivity index (χ3v) is 3.35. The fraction of sp³-hybridized carbons (Fsp3) is 0.462. The van der Waals surface area contributed by atoms with Gasteiger partial charge in [0.25, 0.3) is 5.91 Å². The van der Waals surface area contributed by atoms with Gasteiger partial charge in [0.15, 0.2) is 0 Å². The summed E-state index contributed by atoms with van der Waals surface area (Å²) in [6.45, 7) is 0.672. The van der Waals surface area contributed by atoms with Crippen LogP contribution in [0, 0.1) is 10.1 Å². The summed E-state index contributed by atoms with van der Waals surface area (Å²) in [5.41, 5.74) is 0.0836. The van der Waals surface area contributed by atoms with Crippen molar-refractivity contribution in [2.75, 3.05) is 38.7 Å². The molecule has 1 atom stereocenters. The molecule has 1 aliphatic heterocycles. The van der Waals surface area contributed by atoms with Crippen molar-refractivity contribution in [1.29, 1.82) is 0 Å². The van der Waals surface area contributed by atoms with Gasteiger partial charge in [-0.3, -0.25) is 14.9 Å². The number of nitro benzene ring substituents is 1. The summed E-state index contributed by atoms with van der Waals surface area (Å²) in [6.07, 6.45) is -0.450. The molecule has 114 valence electrons. The minimum atomic E-state index is -0.566. The van der Waals surface area contributed by atoms with Crippen LogP contribution in [0.4, 0.5) is 11.4 Å². The highest BCUT2D eigenvalue weighted by Crippen LogP contribution is 2.29. The number of hydrogen-bond acceptors (Lipinski definition) is 6. The van der Waals surface area contributed by atoms with E-state index in [0.29, 0.717) is 13.2 Å². The molecular formula is C13H17N3O5. The second kappa shape index (κ2) is 6.51. The molecule has 0 saturated carbocycles. The maximum absolute atomic E-state index is 12.5. The molecule has 1 fully saturated rings. The van der Waals surface area contributed by atoms with E-state index >= 15 is 0 Å². The molecule has 1 aromatic rings. The molecule has 1 saturated heterocycles. The van der Waals surface area contributed by atoms with E-state index in [-0.39, 0.29) is 30.1 Å². The number of para-hydroxylation sites is 1. The van der Waals surface area contributed by atoms with Gasteiger partial charge in [-0.25, -0.2) is 0 Å². The van der Waals surface area contributed by atoms with Crippen molar-refractivity contribution in [3.8, 4) is 0 Å². The maximum Gasteiger partial charge on any atom is 0.305 e. The van der Waals surface area contributed by atoms with Gasteiger partial charge in [0, 0.05) is 20.1 Å². The van der Waals surface area contributed by atoms with Crippen molar-refractivity contribution in [3.63, 3.8) is 0 Å². The standard InChI is InChI=1S/C13H17N3O5/c1-14-11-4-2-3-10(12(11)16(19)20)13(18)15-5-6-21-9(7-15)8-17/h2-4,9,14,17H,5-8H2,1H3. The summed E-state index contributed by atoms with van der Waals surface area (Å²) in [4.78, 5) is 24.6. The highest BCUT2D eigenvalue weighted by molar-refractivity contribution is 6.00. The Morgan fingerprint density at radius 3 is 3.00 bits per heavy atom. The number of hydrogen-bond donors (Lipinski definition) is 2. The molecule has 2 rings (SSSR count). The zero-order valence-corrected chi connectivity index (χ0v) is 11.6. The van der Waals surface area contributed by atoms with Gasteiger partial charge in [0.2, 0.25) is 0 Å². The lowest BCUT2D eigenvalue weighted by atomic mass is 10.1. The molecule has 21 heavy (non-hydrogen) atoms. The van der Waals surface area contributed by atoms with Gasteiger partial charge in [-0.15, -0.1) is 0 Å². The summed E-state index contributed by atoms with van der Waals surface area (Å²) in [5.74, 6) is -0.430. The Balaban J connectivity index is 2.32. The molecule has 1 aromatic carbocycles. The van der Waals surface area contributed by atoms with Crippen molar-refractivity contribution in [1.82, 2.24) is 4.90 Å². The van der Waals surface area contributed by atoms with Crippen LogP contribution >= 0.6 is 0 Å². The number of nitrogens with zero attached hydrogens (tertiary/aromatic N) is 2. The van der Waals surface area contributed by atoms with Gasteiger partial charge in [-0.2, -0.15) is 0 Å². The van der Waals surface area contributed by atoms with E-state index in [0.717, 1.165) is 0 Å². The number of anilines is 1. The highest BCUT2D eigenvalue weighted by Gasteiger charge is 2.30. The van der Waals surface area contributed by atoms with Crippen molar-refractivity contribution in [3.05, 3.63) is 33.9 Å². The van der Waals surface area contributed by atoms with Gasteiger partial charge >= 0.3 is 5.69 Å². The van der Waals surface area contributed by atoms with Crippen molar-refractivity contribution >= 4 is 17.3 Å². The van der Waals surface area contributed by atoms with Crippen molar-refractivity contribution in [2.45, 2.75) is 6.10 Å². The topological polar surface area (TPSA) is 105 Å². The van der Waals surface area contributed by atoms with E-state index in [4.69, 9.17) is 9.84 Å². The lowest BCUT2D eigenvalue weighted by molar-refractivity contribution is -0.384. The van der Waals surface area contributed by atoms with Gasteiger partial charge in [0.1, 0.15) is 11.3 Å². The Morgan fingerprint density at radius 1 is 1.62 bits per heavy atom. The minimum absolute atomic E-state index is 0.0328. The molecule has 0 aromatic heterocycles. The number of nitrogens with one attached hydrogen (secondary N) is 1. The molecule has 1 aliphatic rings. The smallest absolute Gasteiger partial charge is 0.305 e. The lowest BCUT2D eigenvalue weighted by Gasteiger charge is -2.32. The van der Waals surface area contributed by atoms with Crippen LogP contribution in [0.2, 0.25) is 0 Å². The molecule has 0 bridgehead atoms. The van der Waals surface area contributed by atoms with Gasteiger partial charge in [0.05, 0.1) is 24.2 Å². The highest BCUT2D eigenvalue weighted by atomic mass is 16.6.